The van der Waals surface area contributed by atoms with Gasteiger partial charge in [0.25, 0.3) is 0 Å². The first-order valence-electron chi connectivity index (χ1n) is 6.98. The molecule has 3 aromatic carbocycles. The molecule has 0 aliphatic heterocycles. The molecule has 0 aliphatic rings. The molecule has 0 saturated heterocycles. The van der Waals surface area contributed by atoms with Crippen molar-refractivity contribution in [3.05, 3.63) is 108 Å². The van der Waals surface area contributed by atoms with Gasteiger partial charge in [-0.1, -0.05) is 20.8 Å². The quantitative estimate of drug-likeness (QED) is 0.261. The van der Waals surface area contributed by atoms with Gasteiger partial charge in [-0.15, -0.1) is 0 Å². The molecule has 0 heterocycles. The maximum atomic E-state index is 3.03. The van der Waals surface area contributed by atoms with E-state index in [0.29, 0.717) is 0 Å². The Labute approximate surface area is 158 Å². The van der Waals surface area contributed by atoms with Gasteiger partial charge in [-0.3, -0.25) is 0 Å². The number of hydrogen-bond donors (Lipinski definition) is 0. The minimum atomic E-state index is 0. The molecular formula is C21H24PPd-3. The van der Waals surface area contributed by atoms with Gasteiger partial charge in [-0.2, -0.15) is 118 Å². The van der Waals surface area contributed by atoms with Crippen molar-refractivity contribution < 1.29 is 20.4 Å². The monoisotopic (exact) mass is 413 g/mol. The SMILES string of the molecule is Cc1[c-]cccc1.Cc1[c-]cccc1.Cc1[c-]cccc1.P.[Pd]. The Hall–Kier alpha value is -1.25. The van der Waals surface area contributed by atoms with Crippen LogP contribution < -0.4 is 0 Å². The van der Waals surface area contributed by atoms with Crippen molar-refractivity contribution in [2.45, 2.75) is 20.8 Å². The topological polar surface area (TPSA) is 0 Å². The van der Waals surface area contributed by atoms with E-state index >= 15 is 0 Å². The van der Waals surface area contributed by atoms with Crippen LogP contribution in [0.1, 0.15) is 16.7 Å². The summed E-state index contributed by atoms with van der Waals surface area (Å²) >= 11 is 0. The predicted octanol–water partition coefficient (Wildman–Crippen LogP) is 5.44. The van der Waals surface area contributed by atoms with Crippen molar-refractivity contribution in [2.75, 3.05) is 0 Å². The summed E-state index contributed by atoms with van der Waals surface area (Å²) in [4.78, 5) is 0. The summed E-state index contributed by atoms with van der Waals surface area (Å²) in [6, 6.07) is 32.8. The Bertz CT molecular complexity index is 491. The van der Waals surface area contributed by atoms with Crippen molar-refractivity contribution in [3.8, 4) is 0 Å². The van der Waals surface area contributed by atoms with Crippen LogP contribution in [0.2, 0.25) is 0 Å². The Balaban J connectivity index is 0. The smallest absolute Gasteiger partial charge is 0 e. The Morgan fingerprint density at radius 3 is 0.870 bits per heavy atom. The van der Waals surface area contributed by atoms with Crippen molar-refractivity contribution in [1.29, 1.82) is 0 Å². The average Bonchev–Trinajstić information content (AvgIpc) is 2.51. The summed E-state index contributed by atoms with van der Waals surface area (Å²) in [7, 11) is 0. The number of benzene rings is 3. The largest absolute Gasteiger partial charge is 0.181 e. The molecule has 0 spiro atoms. The van der Waals surface area contributed by atoms with Gasteiger partial charge in [-0.25, -0.2) is 0 Å². The number of rotatable bonds is 0. The zero-order chi connectivity index (χ0) is 15.3. The van der Waals surface area contributed by atoms with E-state index in [9.17, 15) is 0 Å². The van der Waals surface area contributed by atoms with E-state index in [-0.39, 0.29) is 30.3 Å². The first-order chi connectivity index (χ1) is 10.2. The van der Waals surface area contributed by atoms with Crippen LogP contribution in [-0.4, -0.2) is 0 Å². The zero-order valence-electron chi connectivity index (χ0n) is 14.0. The molecule has 3 aromatic rings. The fraction of sp³-hybridized carbons (Fsp3) is 0.143. The van der Waals surface area contributed by atoms with Crippen molar-refractivity contribution in [2.24, 2.45) is 0 Å². The standard InChI is InChI=1S/3C7H7.H3P.Pd/c3*1-7-5-3-2-4-6-7;;/h3*2-5H,1H3;1H3;/q3*-1;;. The fourth-order valence-corrected chi connectivity index (χ4v) is 1.45. The molecule has 126 valence electrons. The molecular weight excluding hydrogens is 390 g/mol. The van der Waals surface area contributed by atoms with Crippen LogP contribution in [0.15, 0.2) is 72.8 Å². The third kappa shape index (κ3) is 14.1. The van der Waals surface area contributed by atoms with E-state index in [1.54, 1.807) is 0 Å². The maximum absolute atomic E-state index is 3.03. The van der Waals surface area contributed by atoms with Gasteiger partial charge in [0.05, 0.1) is 0 Å². The molecule has 0 aromatic heterocycles. The van der Waals surface area contributed by atoms with Crippen molar-refractivity contribution in [3.63, 3.8) is 0 Å². The summed E-state index contributed by atoms with van der Waals surface area (Å²) in [5.41, 5.74) is 3.59. The van der Waals surface area contributed by atoms with Crippen molar-refractivity contribution >= 4 is 9.90 Å². The van der Waals surface area contributed by atoms with Gasteiger partial charge in [0.2, 0.25) is 0 Å². The zero-order valence-corrected chi connectivity index (χ0v) is 16.9. The molecule has 3 rings (SSSR count). The van der Waals surface area contributed by atoms with Gasteiger partial charge < -0.3 is 0 Å². The third-order valence-corrected chi connectivity index (χ3v) is 2.59. The maximum Gasteiger partial charge on any atom is 0 e. The number of aryl methyl sites for hydroxylation is 3. The first kappa shape index (κ1) is 24.0. The minimum Gasteiger partial charge on any atom is -0.181 e. The van der Waals surface area contributed by atoms with E-state index < -0.39 is 0 Å². The molecule has 0 saturated carbocycles. The van der Waals surface area contributed by atoms with Gasteiger partial charge >= 0.3 is 0 Å². The van der Waals surface area contributed by atoms with Crippen LogP contribution in [0.25, 0.3) is 0 Å². The van der Waals surface area contributed by atoms with Crippen LogP contribution in [-0.2, 0) is 20.4 Å². The van der Waals surface area contributed by atoms with Crippen LogP contribution in [0.3, 0.4) is 0 Å². The predicted molar refractivity (Wildman–Crippen MR) is 101 cm³/mol. The fourth-order valence-electron chi connectivity index (χ4n) is 1.45. The molecule has 0 fully saturated rings. The van der Waals surface area contributed by atoms with Gasteiger partial charge in [-0.05, 0) is 0 Å². The van der Waals surface area contributed by atoms with Crippen molar-refractivity contribution in [1.82, 2.24) is 0 Å². The van der Waals surface area contributed by atoms with E-state index in [2.05, 4.69) is 18.2 Å². The van der Waals surface area contributed by atoms with Crippen LogP contribution in [0.5, 0.6) is 0 Å². The molecule has 0 nitrogen and oxygen atoms in total. The van der Waals surface area contributed by atoms with Gasteiger partial charge in [0.1, 0.15) is 0 Å². The van der Waals surface area contributed by atoms with Crippen LogP contribution >= 0.6 is 9.90 Å². The van der Waals surface area contributed by atoms with Crippen LogP contribution in [0.4, 0.5) is 0 Å². The summed E-state index contributed by atoms with van der Waals surface area (Å²) in [5.74, 6) is 0. The normalized spacial score (nSPS) is 7.96. The second kappa shape index (κ2) is 15.6. The molecule has 0 aliphatic carbocycles. The number of hydrogen-bond acceptors (Lipinski definition) is 0. The average molecular weight is 414 g/mol. The van der Waals surface area contributed by atoms with Gasteiger partial charge in [0, 0.05) is 20.4 Å². The summed E-state index contributed by atoms with van der Waals surface area (Å²) in [5, 5.41) is 0. The molecule has 23 heavy (non-hydrogen) atoms. The molecule has 2 heteroatoms. The summed E-state index contributed by atoms with van der Waals surface area (Å²) in [6.45, 7) is 6.08. The molecule has 0 N–H and O–H groups in total. The molecule has 0 radical (unpaired) electrons. The third-order valence-electron chi connectivity index (χ3n) is 2.59. The molecule has 1 unspecified atom stereocenters. The minimum absolute atomic E-state index is 0. The second-order valence-electron chi connectivity index (χ2n) is 4.64. The Kier molecular flexibility index (Phi) is 16.3. The second-order valence-corrected chi connectivity index (χ2v) is 4.64. The summed E-state index contributed by atoms with van der Waals surface area (Å²) < 4.78 is 0. The van der Waals surface area contributed by atoms with E-state index in [1.807, 2.05) is 93.6 Å². The van der Waals surface area contributed by atoms with E-state index in [4.69, 9.17) is 0 Å². The van der Waals surface area contributed by atoms with Gasteiger partial charge in [0.15, 0.2) is 0 Å². The van der Waals surface area contributed by atoms with E-state index in [0.717, 1.165) is 0 Å². The Morgan fingerprint density at radius 1 is 0.522 bits per heavy atom. The molecule has 0 bridgehead atoms. The Morgan fingerprint density at radius 2 is 0.783 bits per heavy atom. The summed E-state index contributed by atoms with van der Waals surface area (Å²) in [6.07, 6.45) is 0. The van der Waals surface area contributed by atoms with Crippen LogP contribution in [0, 0.1) is 39.0 Å². The van der Waals surface area contributed by atoms with E-state index in [1.165, 1.54) is 16.7 Å². The molecule has 0 amide bonds. The first-order valence-corrected chi connectivity index (χ1v) is 6.98. The molecule has 1 atom stereocenters.